The molecule has 0 aromatic carbocycles. The van der Waals surface area contributed by atoms with E-state index < -0.39 is 0 Å². The van der Waals surface area contributed by atoms with Crippen LogP contribution in [0.3, 0.4) is 0 Å². The number of hydrogen-bond donors (Lipinski definition) is 2. The second-order valence-corrected chi connectivity index (χ2v) is 4.07. The number of guanidine groups is 1. The van der Waals surface area contributed by atoms with Crippen molar-refractivity contribution in [2.24, 2.45) is 10.9 Å². The van der Waals surface area contributed by atoms with E-state index in [1.165, 1.54) is 12.8 Å². The minimum Gasteiger partial charge on any atom is -0.357 e. The molecule has 0 unspecified atom stereocenters. The molecular weight excluding hydrogens is 324 g/mol. The lowest BCUT2D eigenvalue weighted by atomic mass is 10.4. The van der Waals surface area contributed by atoms with Gasteiger partial charge in [0.05, 0.1) is 6.54 Å². The topological polar surface area (TPSA) is 36.4 Å². The third kappa shape index (κ3) is 7.90. The minimum atomic E-state index is 0. The van der Waals surface area contributed by atoms with Gasteiger partial charge >= 0.3 is 0 Å². The van der Waals surface area contributed by atoms with Gasteiger partial charge in [0.1, 0.15) is 0 Å². The van der Waals surface area contributed by atoms with Crippen molar-refractivity contribution in [3.05, 3.63) is 11.6 Å². The summed E-state index contributed by atoms with van der Waals surface area (Å²) < 4.78 is 0. The van der Waals surface area contributed by atoms with Gasteiger partial charge in [-0.05, 0) is 25.7 Å². The highest BCUT2D eigenvalue weighted by molar-refractivity contribution is 14.0. The lowest BCUT2D eigenvalue weighted by Crippen LogP contribution is -2.38. The number of nitrogens with zero attached hydrogens (tertiary/aromatic N) is 1. The molecule has 0 aromatic heterocycles. The van der Waals surface area contributed by atoms with E-state index >= 15 is 0 Å². The first-order chi connectivity index (χ1) is 6.72. The van der Waals surface area contributed by atoms with Gasteiger partial charge in [-0.15, -0.1) is 24.0 Å². The molecule has 0 atom stereocenters. The maximum absolute atomic E-state index is 5.64. The van der Waals surface area contributed by atoms with E-state index in [0.29, 0.717) is 11.6 Å². The van der Waals surface area contributed by atoms with Gasteiger partial charge < -0.3 is 10.6 Å². The fourth-order valence-corrected chi connectivity index (χ4v) is 1.13. The number of hydrogen-bond acceptors (Lipinski definition) is 1. The predicted octanol–water partition coefficient (Wildman–Crippen LogP) is 2.32. The standard InChI is InChI=1S/C10H18ClN3.HI/c1-3-12-10(13-6-8(2)11)14-7-9-4-5-9;/h9H,2-7H2,1H3,(H2,12,13,14);1H. The van der Waals surface area contributed by atoms with Crippen LogP contribution in [0, 0.1) is 5.92 Å². The van der Waals surface area contributed by atoms with Gasteiger partial charge in [0.25, 0.3) is 0 Å². The largest absolute Gasteiger partial charge is 0.357 e. The number of rotatable bonds is 5. The zero-order chi connectivity index (χ0) is 10.4. The number of nitrogens with one attached hydrogen (secondary N) is 2. The molecule has 3 nitrogen and oxygen atoms in total. The average Bonchev–Trinajstić information content (AvgIpc) is 2.93. The van der Waals surface area contributed by atoms with Crippen molar-refractivity contribution in [2.45, 2.75) is 19.8 Å². The van der Waals surface area contributed by atoms with Gasteiger partial charge in [-0.3, -0.25) is 0 Å². The van der Waals surface area contributed by atoms with E-state index in [-0.39, 0.29) is 24.0 Å². The maximum Gasteiger partial charge on any atom is 0.191 e. The molecule has 1 fully saturated rings. The van der Waals surface area contributed by atoms with Crippen LogP contribution in [-0.4, -0.2) is 25.6 Å². The average molecular weight is 344 g/mol. The molecule has 1 rings (SSSR count). The van der Waals surface area contributed by atoms with Crippen molar-refractivity contribution in [3.63, 3.8) is 0 Å². The second kappa shape index (κ2) is 8.21. The highest BCUT2D eigenvalue weighted by atomic mass is 127. The normalized spacial score (nSPS) is 15.5. The predicted molar refractivity (Wildman–Crippen MR) is 77.1 cm³/mol. The maximum atomic E-state index is 5.64. The highest BCUT2D eigenvalue weighted by Gasteiger charge is 2.20. The molecule has 1 saturated carbocycles. The Balaban J connectivity index is 0.00000196. The van der Waals surface area contributed by atoms with Crippen molar-refractivity contribution < 1.29 is 0 Å². The molecular formula is C10H19ClIN3. The quantitative estimate of drug-likeness (QED) is 0.457. The van der Waals surface area contributed by atoms with Crippen LogP contribution < -0.4 is 10.6 Å². The zero-order valence-corrected chi connectivity index (χ0v) is 12.1. The van der Waals surface area contributed by atoms with Crippen molar-refractivity contribution in [3.8, 4) is 0 Å². The number of aliphatic imine (C=N–C) groups is 1. The Morgan fingerprint density at radius 3 is 2.60 bits per heavy atom. The Bertz CT molecular complexity index is 227. The Hall–Kier alpha value is 0.0300. The lowest BCUT2D eigenvalue weighted by Gasteiger charge is -2.10. The first-order valence-corrected chi connectivity index (χ1v) is 5.45. The molecule has 0 bridgehead atoms. The molecule has 0 heterocycles. The van der Waals surface area contributed by atoms with Crippen molar-refractivity contribution >= 4 is 41.5 Å². The van der Waals surface area contributed by atoms with E-state index in [9.17, 15) is 0 Å². The monoisotopic (exact) mass is 343 g/mol. The Morgan fingerprint density at radius 1 is 1.47 bits per heavy atom. The van der Waals surface area contributed by atoms with Crippen LogP contribution in [0.5, 0.6) is 0 Å². The van der Waals surface area contributed by atoms with Gasteiger partial charge in [0, 0.05) is 18.1 Å². The summed E-state index contributed by atoms with van der Waals surface area (Å²) in [6.45, 7) is 8.00. The molecule has 1 aliphatic rings. The highest BCUT2D eigenvalue weighted by Crippen LogP contribution is 2.27. The van der Waals surface area contributed by atoms with Crippen molar-refractivity contribution in [1.82, 2.24) is 10.6 Å². The first-order valence-electron chi connectivity index (χ1n) is 5.07. The molecule has 1 aliphatic carbocycles. The summed E-state index contributed by atoms with van der Waals surface area (Å²) in [6, 6.07) is 0. The lowest BCUT2D eigenvalue weighted by molar-refractivity contribution is 0.742. The Kier molecular flexibility index (Phi) is 8.23. The zero-order valence-electron chi connectivity index (χ0n) is 9.05. The van der Waals surface area contributed by atoms with Crippen LogP contribution >= 0.6 is 35.6 Å². The van der Waals surface area contributed by atoms with E-state index in [1.54, 1.807) is 0 Å². The van der Waals surface area contributed by atoms with Gasteiger partial charge in [-0.2, -0.15) is 0 Å². The van der Waals surface area contributed by atoms with E-state index in [0.717, 1.165) is 25.0 Å². The van der Waals surface area contributed by atoms with Crippen molar-refractivity contribution in [2.75, 3.05) is 19.6 Å². The van der Waals surface area contributed by atoms with Crippen LogP contribution in [0.25, 0.3) is 0 Å². The third-order valence-corrected chi connectivity index (χ3v) is 2.13. The Morgan fingerprint density at radius 2 is 2.13 bits per heavy atom. The van der Waals surface area contributed by atoms with E-state index in [4.69, 9.17) is 11.6 Å². The fraction of sp³-hybridized carbons (Fsp3) is 0.700. The SMILES string of the molecule is C=C(Cl)CN=C(NCC)NCC1CC1.I. The third-order valence-electron chi connectivity index (χ3n) is 2.01. The molecule has 0 saturated heterocycles. The molecule has 0 radical (unpaired) electrons. The van der Waals surface area contributed by atoms with E-state index in [1.807, 2.05) is 6.92 Å². The summed E-state index contributed by atoms with van der Waals surface area (Å²) in [5.41, 5.74) is 0. The minimum absolute atomic E-state index is 0. The van der Waals surface area contributed by atoms with Gasteiger partial charge in [0.15, 0.2) is 5.96 Å². The fourth-order valence-electron chi connectivity index (χ4n) is 1.07. The summed E-state index contributed by atoms with van der Waals surface area (Å²) in [4.78, 5) is 4.28. The second-order valence-electron chi connectivity index (χ2n) is 3.54. The summed E-state index contributed by atoms with van der Waals surface area (Å²) in [7, 11) is 0. The van der Waals surface area contributed by atoms with Crippen LogP contribution in [-0.2, 0) is 0 Å². The molecule has 0 aromatic rings. The molecule has 2 N–H and O–H groups in total. The molecule has 0 aliphatic heterocycles. The van der Waals surface area contributed by atoms with E-state index in [2.05, 4.69) is 22.2 Å². The summed E-state index contributed by atoms with van der Waals surface area (Å²) in [5, 5.41) is 7.00. The smallest absolute Gasteiger partial charge is 0.191 e. The van der Waals surface area contributed by atoms with Crippen LogP contribution in [0.1, 0.15) is 19.8 Å². The molecule has 88 valence electrons. The van der Waals surface area contributed by atoms with Crippen molar-refractivity contribution in [1.29, 1.82) is 0 Å². The molecule has 0 spiro atoms. The van der Waals surface area contributed by atoms with Crippen LogP contribution in [0.15, 0.2) is 16.6 Å². The molecule has 0 amide bonds. The van der Waals surface area contributed by atoms with Crippen LogP contribution in [0.2, 0.25) is 0 Å². The van der Waals surface area contributed by atoms with Gasteiger partial charge in [-0.25, -0.2) is 4.99 Å². The molecule has 15 heavy (non-hydrogen) atoms. The first kappa shape index (κ1) is 15.0. The van der Waals surface area contributed by atoms with Gasteiger partial charge in [-0.1, -0.05) is 18.2 Å². The Labute approximate surface area is 114 Å². The summed E-state index contributed by atoms with van der Waals surface area (Å²) >= 11 is 5.64. The van der Waals surface area contributed by atoms with Crippen LogP contribution in [0.4, 0.5) is 0 Å². The number of halogens is 2. The van der Waals surface area contributed by atoms with Gasteiger partial charge in [0.2, 0.25) is 0 Å². The summed E-state index contributed by atoms with van der Waals surface area (Å²) in [5.74, 6) is 1.68. The summed E-state index contributed by atoms with van der Waals surface area (Å²) in [6.07, 6.45) is 2.68. The molecule has 5 heteroatoms.